The van der Waals surface area contributed by atoms with Gasteiger partial charge in [0.2, 0.25) is 0 Å². The van der Waals surface area contributed by atoms with Gasteiger partial charge in [-0.05, 0) is 110 Å². The fourth-order valence-electron chi connectivity index (χ4n) is 7.69. The van der Waals surface area contributed by atoms with E-state index in [1.165, 1.54) is 54.9 Å². The van der Waals surface area contributed by atoms with Crippen LogP contribution in [0.2, 0.25) is 0 Å². The lowest BCUT2D eigenvalue weighted by molar-refractivity contribution is 0.669. The third-order valence-electron chi connectivity index (χ3n) is 10.3. The van der Waals surface area contributed by atoms with Gasteiger partial charge in [-0.1, -0.05) is 140 Å². The summed E-state index contributed by atoms with van der Waals surface area (Å²) in [6.07, 6.45) is 0. The average molecular weight is 664 g/mol. The second-order valence-electron chi connectivity index (χ2n) is 13.3. The lowest BCUT2D eigenvalue weighted by Crippen LogP contribution is -2.09. The van der Waals surface area contributed by atoms with Crippen LogP contribution in [0, 0.1) is 0 Å². The van der Waals surface area contributed by atoms with Gasteiger partial charge in [0.1, 0.15) is 11.2 Å². The first-order chi connectivity index (χ1) is 25.8. The molecule has 0 amide bonds. The van der Waals surface area contributed by atoms with Gasteiger partial charge in [-0.25, -0.2) is 0 Å². The van der Waals surface area contributed by atoms with E-state index in [-0.39, 0.29) is 0 Å². The lowest BCUT2D eigenvalue weighted by atomic mass is 9.91. The second kappa shape index (κ2) is 12.5. The van der Waals surface area contributed by atoms with Gasteiger partial charge in [-0.3, -0.25) is 0 Å². The zero-order chi connectivity index (χ0) is 34.4. The summed E-state index contributed by atoms with van der Waals surface area (Å²) in [5, 5.41) is 7.21. The van der Waals surface area contributed by atoms with E-state index in [1.54, 1.807) is 0 Å². The highest BCUT2D eigenvalue weighted by molar-refractivity contribution is 6.06. The summed E-state index contributed by atoms with van der Waals surface area (Å²) in [5.41, 5.74) is 12.2. The van der Waals surface area contributed by atoms with E-state index < -0.39 is 0 Å². The standard InChI is InChI=1S/C50H33NO/c1-2-11-35(12-3-1)47-31-38-14-4-5-15-39(38)32-48(47)37-23-27-41(28-24-37)51(42-29-30-46-45-18-8-9-20-49(45)52-50(46)33-42)40-25-21-36(22-26-40)44-19-10-16-34-13-6-7-17-43(34)44/h1-33H. The van der Waals surface area contributed by atoms with E-state index in [4.69, 9.17) is 4.42 Å². The summed E-state index contributed by atoms with van der Waals surface area (Å²) in [6, 6.07) is 71.7. The molecule has 0 aliphatic heterocycles. The Morgan fingerprint density at radius 1 is 0.288 bits per heavy atom. The van der Waals surface area contributed by atoms with E-state index in [0.29, 0.717) is 0 Å². The lowest BCUT2D eigenvalue weighted by Gasteiger charge is -2.26. The molecule has 2 nitrogen and oxygen atoms in total. The fraction of sp³-hybridized carbons (Fsp3) is 0. The highest BCUT2D eigenvalue weighted by Crippen LogP contribution is 2.42. The van der Waals surface area contributed by atoms with Crippen LogP contribution in [0.15, 0.2) is 205 Å². The molecule has 1 heterocycles. The molecule has 0 aliphatic rings. The van der Waals surface area contributed by atoms with Crippen LogP contribution in [-0.2, 0) is 0 Å². The van der Waals surface area contributed by atoms with Crippen molar-refractivity contribution in [2.45, 2.75) is 0 Å². The van der Waals surface area contributed by atoms with Crippen LogP contribution < -0.4 is 4.90 Å². The molecule has 0 N–H and O–H groups in total. The van der Waals surface area contributed by atoms with Gasteiger partial charge >= 0.3 is 0 Å². The van der Waals surface area contributed by atoms with Gasteiger partial charge in [0, 0.05) is 33.9 Å². The van der Waals surface area contributed by atoms with Crippen molar-refractivity contribution in [3.05, 3.63) is 200 Å². The number of rotatable bonds is 6. The molecule has 0 saturated carbocycles. The Kier molecular flexibility index (Phi) is 7.18. The summed E-state index contributed by atoms with van der Waals surface area (Å²) in [4.78, 5) is 2.32. The Morgan fingerprint density at radius 3 is 1.48 bits per heavy atom. The van der Waals surface area contributed by atoms with Crippen molar-refractivity contribution in [1.82, 2.24) is 0 Å². The molecule has 9 aromatic carbocycles. The maximum Gasteiger partial charge on any atom is 0.137 e. The summed E-state index contributed by atoms with van der Waals surface area (Å²) < 4.78 is 6.37. The minimum atomic E-state index is 0.872. The Labute approximate surface area is 302 Å². The zero-order valence-electron chi connectivity index (χ0n) is 28.4. The van der Waals surface area contributed by atoms with Crippen LogP contribution in [0.1, 0.15) is 0 Å². The normalized spacial score (nSPS) is 11.5. The third kappa shape index (κ3) is 5.21. The largest absolute Gasteiger partial charge is 0.456 e. The van der Waals surface area contributed by atoms with E-state index >= 15 is 0 Å². The van der Waals surface area contributed by atoms with Crippen LogP contribution in [0.4, 0.5) is 17.1 Å². The maximum absolute atomic E-state index is 6.37. The van der Waals surface area contributed by atoms with Gasteiger partial charge < -0.3 is 9.32 Å². The number of furan rings is 1. The van der Waals surface area contributed by atoms with Crippen molar-refractivity contribution in [2.75, 3.05) is 4.90 Å². The minimum Gasteiger partial charge on any atom is -0.456 e. The first-order valence-electron chi connectivity index (χ1n) is 17.8. The number of fused-ring (bicyclic) bond motifs is 5. The van der Waals surface area contributed by atoms with Crippen LogP contribution in [-0.4, -0.2) is 0 Å². The Hall–Kier alpha value is -6.90. The van der Waals surface area contributed by atoms with E-state index in [1.807, 2.05) is 12.1 Å². The summed E-state index contributed by atoms with van der Waals surface area (Å²) in [6.45, 7) is 0. The molecular formula is C50H33NO. The quantitative estimate of drug-likeness (QED) is 0.176. The molecule has 0 spiro atoms. The van der Waals surface area contributed by atoms with Crippen molar-refractivity contribution >= 4 is 60.5 Å². The number of hydrogen-bond donors (Lipinski definition) is 0. The van der Waals surface area contributed by atoms with Crippen molar-refractivity contribution < 1.29 is 4.42 Å². The van der Waals surface area contributed by atoms with E-state index in [0.717, 1.165) is 39.0 Å². The van der Waals surface area contributed by atoms with E-state index in [2.05, 4.69) is 193 Å². The van der Waals surface area contributed by atoms with Gasteiger partial charge in [0.25, 0.3) is 0 Å². The van der Waals surface area contributed by atoms with Crippen molar-refractivity contribution in [1.29, 1.82) is 0 Å². The minimum absolute atomic E-state index is 0.872. The molecular weight excluding hydrogens is 631 g/mol. The van der Waals surface area contributed by atoms with Crippen LogP contribution in [0.3, 0.4) is 0 Å². The molecule has 0 radical (unpaired) electrons. The SMILES string of the molecule is c1ccc(-c2cc3ccccc3cc2-c2ccc(N(c3ccc(-c4cccc5ccccc45)cc3)c3ccc4c(c3)oc3ccccc34)cc2)cc1. The molecule has 0 bridgehead atoms. The van der Waals surface area contributed by atoms with E-state index in [9.17, 15) is 0 Å². The highest BCUT2D eigenvalue weighted by Gasteiger charge is 2.17. The molecule has 2 heteroatoms. The number of benzene rings is 9. The fourth-order valence-corrected chi connectivity index (χ4v) is 7.69. The molecule has 0 aliphatic carbocycles. The summed E-state index contributed by atoms with van der Waals surface area (Å²) >= 11 is 0. The number of anilines is 3. The van der Waals surface area contributed by atoms with Gasteiger partial charge in [-0.15, -0.1) is 0 Å². The molecule has 244 valence electrons. The number of nitrogens with zero attached hydrogens (tertiary/aromatic N) is 1. The van der Waals surface area contributed by atoms with Crippen molar-refractivity contribution in [3.63, 3.8) is 0 Å². The Morgan fingerprint density at radius 2 is 0.788 bits per heavy atom. The number of hydrogen-bond acceptors (Lipinski definition) is 2. The van der Waals surface area contributed by atoms with Crippen LogP contribution >= 0.6 is 0 Å². The molecule has 52 heavy (non-hydrogen) atoms. The molecule has 0 unspecified atom stereocenters. The predicted molar refractivity (Wildman–Crippen MR) is 220 cm³/mol. The Balaban J connectivity index is 1.10. The number of para-hydroxylation sites is 1. The topological polar surface area (TPSA) is 16.4 Å². The average Bonchev–Trinajstić information content (AvgIpc) is 3.59. The monoisotopic (exact) mass is 663 g/mol. The van der Waals surface area contributed by atoms with Gasteiger partial charge in [-0.2, -0.15) is 0 Å². The van der Waals surface area contributed by atoms with Gasteiger partial charge in [0.15, 0.2) is 0 Å². The third-order valence-corrected chi connectivity index (χ3v) is 10.3. The van der Waals surface area contributed by atoms with Crippen molar-refractivity contribution in [2.24, 2.45) is 0 Å². The van der Waals surface area contributed by atoms with Crippen molar-refractivity contribution in [3.8, 4) is 33.4 Å². The zero-order valence-corrected chi connectivity index (χ0v) is 28.4. The summed E-state index contributed by atoms with van der Waals surface area (Å²) in [7, 11) is 0. The first kappa shape index (κ1) is 30.0. The maximum atomic E-state index is 6.37. The molecule has 0 saturated heterocycles. The predicted octanol–water partition coefficient (Wildman–Crippen LogP) is 14.4. The molecule has 10 aromatic rings. The smallest absolute Gasteiger partial charge is 0.137 e. The highest BCUT2D eigenvalue weighted by atomic mass is 16.3. The Bertz CT molecular complexity index is 2880. The molecule has 1 aromatic heterocycles. The second-order valence-corrected chi connectivity index (χ2v) is 13.3. The molecule has 10 rings (SSSR count). The van der Waals surface area contributed by atoms with Gasteiger partial charge in [0.05, 0.1) is 0 Å². The van der Waals surface area contributed by atoms with Crippen LogP contribution in [0.5, 0.6) is 0 Å². The molecule has 0 atom stereocenters. The summed E-state index contributed by atoms with van der Waals surface area (Å²) in [5.74, 6) is 0. The molecule has 0 fully saturated rings. The van der Waals surface area contributed by atoms with Crippen LogP contribution in [0.25, 0.3) is 76.9 Å². The first-order valence-corrected chi connectivity index (χ1v) is 17.8.